The molecule has 0 saturated carbocycles. The van der Waals surface area contributed by atoms with Crippen molar-refractivity contribution in [3.8, 4) is 0 Å². The standard InChI is InChI=1S/C5H14NO4P.C4H10N2/c1-5(2,3-7)4-10-11(6,8)9;1-2-6-4-3-5-1/h7H,3-4H2,1-2H3,(H3,6,8,9);5-6H,1-4H2. The average Bonchev–Trinajstić information content (AvgIpc) is 2.29. The minimum absolute atomic E-state index is 0.0340. The zero-order valence-corrected chi connectivity index (χ0v) is 11.4. The fraction of sp³-hybridized carbons (Fsp3) is 1.00. The molecule has 1 heterocycles. The van der Waals surface area contributed by atoms with Crippen molar-refractivity contribution in [2.45, 2.75) is 13.8 Å². The number of aliphatic hydroxyl groups is 1. The van der Waals surface area contributed by atoms with Crippen molar-refractivity contribution in [2.75, 3.05) is 39.4 Å². The third-order valence-corrected chi connectivity index (χ3v) is 2.52. The van der Waals surface area contributed by atoms with Crippen molar-refractivity contribution in [3.63, 3.8) is 0 Å². The molecule has 104 valence electrons. The van der Waals surface area contributed by atoms with Gasteiger partial charge < -0.3 is 20.6 Å². The zero-order chi connectivity index (χ0) is 13.4. The smallest absolute Gasteiger partial charge is 0.396 e. The van der Waals surface area contributed by atoms with Crippen LogP contribution in [0.1, 0.15) is 13.8 Å². The highest BCUT2D eigenvalue weighted by molar-refractivity contribution is 7.50. The summed E-state index contributed by atoms with van der Waals surface area (Å²) in [5.41, 5.74) is 4.17. The summed E-state index contributed by atoms with van der Waals surface area (Å²) in [5.74, 6) is 0. The molecule has 0 aromatic rings. The molecule has 1 unspecified atom stereocenters. The van der Waals surface area contributed by atoms with Crippen molar-refractivity contribution >= 4 is 7.75 Å². The molecule has 1 aliphatic rings. The van der Waals surface area contributed by atoms with Gasteiger partial charge in [-0.05, 0) is 0 Å². The van der Waals surface area contributed by atoms with E-state index in [2.05, 4.69) is 15.2 Å². The largest absolute Gasteiger partial charge is 0.400 e. The minimum atomic E-state index is -3.89. The first kappa shape index (κ1) is 17.0. The van der Waals surface area contributed by atoms with Crippen LogP contribution in [-0.4, -0.2) is 49.4 Å². The Labute approximate surface area is 102 Å². The van der Waals surface area contributed by atoms with E-state index in [0.717, 1.165) is 26.2 Å². The van der Waals surface area contributed by atoms with Gasteiger partial charge in [0.2, 0.25) is 0 Å². The van der Waals surface area contributed by atoms with Crippen LogP contribution in [0.15, 0.2) is 0 Å². The number of hydrogen-bond donors (Lipinski definition) is 5. The third kappa shape index (κ3) is 12.2. The topological polar surface area (TPSA) is 117 Å². The van der Waals surface area contributed by atoms with Gasteiger partial charge in [0.1, 0.15) is 0 Å². The van der Waals surface area contributed by atoms with E-state index in [1.165, 1.54) is 0 Å². The minimum Gasteiger partial charge on any atom is -0.396 e. The Morgan fingerprint density at radius 1 is 1.29 bits per heavy atom. The maximum Gasteiger partial charge on any atom is 0.400 e. The molecule has 7 nitrogen and oxygen atoms in total. The molecule has 1 rings (SSSR count). The molecule has 6 N–H and O–H groups in total. The first-order valence-corrected chi connectivity index (χ1v) is 7.20. The van der Waals surface area contributed by atoms with Gasteiger partial charge in [-0.1, -0.05) is 13.8 Å². The van der Waals surface area contributed by atoms with Crippen LogP contribution < -0.4 is 16.1 Å². The summed E-state index contributed by atoms with van der Waals surface area (Å²) in [7, 11) is -3.89. The lowest BCUT2D eigenvalue weighted by molar-refractivity contribution is 0.0907. The summed E-state index contributed by atoms with van der Waals surface area (Å²) in [6.07, 6.45) is 0. The van der Waals surface area contributed by atoms with Gasteiger partial charge in [0.25, 0.3) is 0 Å². The summed E-state index contributed by atoms with van der Waals surface area (Å²) in [6.45, 7) is 7.80. The molecule has 0 amide bonds. The molecular weight excluding hydrogens is 245 g/mol. The number of piperazine rings is 1. The van der Waals surface area contributed by atoms with Crippen molar-refractivity contribution < 1.29 is 19.1 Å². The van der Waals surface area contributed by atoms with Crippen LogP contribution in [0.3, 0.4) is 0 Å². The lowest BCUT2D eigenvalue weighted by atomic mass is 9.97. The van der Waals surface area contributed by atoms with Crippen molar-refractivity contribution in [1.29, 1.82) is 0 Å². The first-order valence-electron chi connectivity index (χ1n) is 5.55. The molecule has 1 aliphatic heterocycles. The summed E-state index contributed by atoms with van der Waals surface area (Å²) in [4.78, 5) is 8.51. The number of aliphatic hydroxyl groups excluding tert-OH is 1. The molecule has 1 fully saturated rings. The Balaban J connectivity index is 0.000000354. The highest BCUT2D eigenvalue weighted by atomic mass is 31.2. The first-order chi connectivity index (χ1) is 7.77. The quantitative estimate of drug-likeness (QED) is 0.427. The maximum atomic E-state index is 10.4. The van der Waals surface area contributed by atoms with E-state index in [4.69, 9.17) is 15.5 Å². The summed E-state index contributed by atoms with van der Waals surface area (Å²) in [6, 6.07) is 0. The van der Waals surface area contributed by atoms with Crippen LogP contribution in [-0.2, 0) is 9.09 Å². The fourth-order valence-electron chi connectivity index (χ4n) is 0.916. The Morgan fingerprint density at radius 3 is 1.94 bits per heavy atom. The molecule has 0 aromatic heterocycles. The molecule has 0 bridgehead atoms. The van der Waals surface area contributed by atoms with Crippen LogP contribution in [0.2, 0.25) is 0 Å². The Kier molecular flexibility index (Phi) is 8.15. The van der Waals surface area contributed by atoms with Gasteiger partial charge in [0.15, 0.2) is 0 Å². The van der Waals surface area contributed by atoms with Gasteiger partial charge in [-0.2, -0.15) is 0 Å². The van der Waals surface area contributed by atoms with Gasteiger partial charge in [0.05, 0.1) is 13.2 Å². The molecule has 0 radical (unpaired) electrons. The molecule has 8 heteroatoms. The second-order valence-corrected chi connectivity index (χ2v) is 6.05. The second kappa shape index (κ2) is 8.16. The Morgan fingerprint density at radius 2 is 1.71 bits per heavy atom. The van der Waals surface area contributed by atoms with E-state index in [1.54, 1.807) is 13.8 Å². The van der Waals surface area contributed by atoms with Gasteiger partial charge in [-0.25, -0.2) is 10.1 Å². The molecule has 0 aliphatic carbocycles. The monoisotopic (exact) mass is 269 g/mol. The van der Waals surface area contributed by atoms with E-state index in [0.29, 0.717) is 0 Å². The molecule has 1 atom stereocenters. The summed E-state index contributed by atoms with van der Waals surface area (Å²) >= 11 is 0. The van der Waals surface area contributed by atoms with Crippen molar-refractivity contribution in [3.05, 3.63) is 0 Å². The normalized spacial score (nSPS) is 20.1. The van der Waals surface area contributed by atoms with Gasteiger partial charge in [-0.3, -0.25) is 4.52 Å². The van der Waals surface area contributed by atoms with Crippen LogP contribution in [0.25, 0.3) is 0 Å². The molecule has 0 aromatic carbocycles. The van der Waals surface area contributed by atoms with E-state index in [-0.39, 0.29) is 13.2 Å². The van der Waals surface area contributed by atoms with Gasteiger partial charge in [-0.15, -0.1) is 0 Å². The summed E-state index contributed by atoms with van der Waals surface area (Å²) in [5, 5.41) is 15.1. The van der Waals surface area contributed by atoms with Crippen molar-refractivity contribution in [2.24, 2.45) is 10.9 Å². The van der Waals surface area contributed by atoms with E-state index >= 15 is 0 Å². The number of rotatable bonds is 4. The highest BCUT2D eigenvalue weighted by Gasteiger charge is 2.21. The number of nitrogens with two attached hydrogens (primary N) is 1. The predicted octanol–water partition coefficient (Wildman–Crippen LogP) is -0.740. The van der Waals surface area contributed by atoms with Crippen LogP contribution >= 0.6 is 7.75 Å². The lowest BCUT2D eigenvalue weighted by Gasteiger charge is -2.21. The average molecular weight is 269 g/mol. The van der Waals surface area contributed by atoms with Crippen LogP contribution in [0, 0.1) is 5.41 Å². The summed E-state index contributed by atoms with van der Waals surface area (Å²) < 4.78 is 14.8. The number of nitrogens with one attached hydrogen (secondary N) is 2. The Bertz CT molecular complexity index is 229. The second-order valence-electron chi connectivity index (χ2n) is 4.66. The van der Waals surface area contributed by atoms with E-state index in [1.807, 2.05) is 0 Å². The predicted molar refractivity (Wildman–Crippen MR) is 66.6 cm³/mol. The van der Waals surface area contributed by atoms with Gasteiger partial charge in [0, 0.05) is 31.6 Å². The lowest BCUT2D eigenvalue weighted by Crippen LogP contribution is -2.39. The zero-order valence-electron chi connectivity index (χ0n) is 10.5. The van der Waals surface area contributed by atoms with E-state index in [9.17, 15) is 4.57 Å². The van der Waals surface area contributed by atoms with E-state index < -0.39 is 13.2 Å². The maximum absolute atomic E-state index is 10.4. The Hall–Kier alpha value is -0.0100. The molecule has 1 saturated heterocycles. The number of hydrogen-bond acceptors (Lipinski definition) is 5. The van der Waals surface area contributed by atoms with Crippen molar-refractivity contribution in [1.82, 2.24) is 10.6 Å². The SMILES string of the molecule is C1CNCCN1.CC(C)(CO)COP(N)(=O)O. The van der Waals surface area contributed by atoms with Crippen LogP contribution in [0.5, 0.6) is 0 Å². The van der Waals surface area contributed by atoms with Gasteiger partial charge >= 0.3 is 7.75 Å². The fourth-order valence-corrected chi connectivity index (χ4v) is 1.45. The third-order valence-electron chi connectivity index (χ3n) is 2.03. The highest BCUT2D eigenvalue weighted by Crippen LogP contribution is 2.33. The molecule has 17 heavy (non-hydrogen) atoms. The van der Waals surface area contributed by atoms with Crippen LogP contribution in [0.4, 0.5) is 0 Å². The molecule has 0 spiro atoms. The molecular formula is C9H24N3O4P.